The lowest BCUT2D eigenvalue weighted by atomic mass is 10.3. The molecule has 6 heteroatoms. The highest BCUT2D eigenvalue weighted by atomic mass is 32.1. The van der Waals surface area contributed by atoms with Crippen LogP contribution in [0.3, 0.4) is 0 Å². The molecule has 0 aliphatic heterocycles. The molecule has 20 heavy (non-hydrogen) atoms. The molecule has 1 aromatic carbocycles. The van der Waals surface area contributed by atoms with Crippen LogP contribution < -0.4 is 4.80 Å². The molecule has 0 spiro atoms. The first-order chi connectivity index (χ1) is 9.56. The smallest absolute Gasteiger partial charge is 0.291 e. The van der Waals surface area contributed by atoms with Crippen LogP contribution in [-0.4, -0.2) is 15.5 Å². The van der Waals surface area contributed by atoms with Gasteiger partial charge in [-0.3, -0.25) is 4.79 Å². The van der Waals surface area contributed by atoms with Gasteiger partial charge in [-0.1, -0.05) is 23.5 Å². The predicted octanol–water partition coefficient (Wildman–Crippen LogP) is 3.05. The van der Waals surface area contributed by atoms with Crippen molar-refractivity contribution < 1.29 is 4.79 Å². The maximum atomic E-state index is 12.3. The number of hydrogen-bond acceptors (Lipinski definition) is 4. The summed E-state index contributed by atoms with van der Waals surface area (Å²) in [6.07, 6.45) is 0. The third kappa shape index (κ3) is 2.21. The molecule has 1 amide bonds. The Morgan fingerprint density at radius 3 is 2.65 bits per heavy atom. The summed E-state index contributed by atoms with van der Waals surface area (Å²) in [5, 5.41) is 0.891. The van der Waals surface area contributed by atoms with Crippen molar-refractivity contribution in [1.82, 2.24) is 9.55 Å². The second-order valence-corrected chi connectivity index (χ2v) is 6.69. The Bertz CT molecular complexity index is 870. The van der Waals surface area contributed by atoms with E-state index in [0.29, 0.717) is 9.68 Å². The first-order valence-electron chi connectivity index (χ1n) is 6.14. The van der Waals surface area contributed by atoms with Gasteiger partial charge < -0.3 is 4.57 Å². The lowest BCUT2D eigenvalue weighted by Gasteiger charge is -1.94. The molecule has 0 radical (unpaired) electrons. The molecule has 0 atom stereocenters. The number of hydrogen-bond donors (Lipinski definition) is 0. The molecule has 0 saturated heterocycles. The molecule has 0 saturated carbocycles. The fourth-order valence-corrected chi connectivity index (χ4v) is 3.88. The van der Waals surface area contributed by atoms with Crippen molar-refractivity contribution in [3.8, 4) is 0 Å². The van der Waals surface area contributed by atoms with Crippen LogP contribution in [-0.2, 0) is 7.05 Å². The number of aromatic nitrogens is 2. The van der Waals surface area contributed by atoms with Gasteiger partial charge in [0.15, 0.2) is 4.80 Å². The molecule has 0 bridgehead atoms. The average Bonchev–Trinajstić information content (AvgIpc) is 2.91. The van der Waals surface area contributed by atoms with Crippen LogP contribution >= 0.6 is 22.7 Å². The van der Waals surface area contributed by atoms with Crippen molar-refractivity contribution in [1.29, 1.82) is 0 Å². The predicted molar refractivity (Wildman–Crippen MR) is 82.3 cm³/mol. The maximum Gasteiger partial charge on any atom is 0.291 e. The lowest BCUT2D eigenvalue weighted by molar-refractivity contribution is 0.100. The molecule has 0 N–H and O–H groups in total. The molecule has 3 aromatic rings. The topological polar surface area (TPSA) is 47.2 Å². The normalized spacial score (nSPS) is 12.2. The van der Waals surface area contributed by atoms with E-state index in [1.54, 1.807) is 0 Å². The fourth-order valence-electron chi connectivity index (χ4n) is 2.06. The Hall–Kier alpha value is -1.79. The fraction of sp³-hybridized carbons (Fsp3) is 0.214. The minimum Gasteiger partial charge on any atom is -0.319 e. The molecular formula is C14H13N3OS2. The molecular weight excluding hydrogens is 290 g/mol. The zero-order chi connectivity index (χ0) is 14.3. The van der Waals surface area contributed by atoms with Crippen molar-refractivity contribution in [3.05, 3.63) is 44.6 Å². The SMILES string of the molecule is Cc1nc(C)c(C(=O)N=c2sc3ccccc3n2C)s1. The van der Waals surface area contributed by atoms with E-state index in [2.05, 4.69) is 9.98 Å². The van der Waals surface area contributed by atoms with Gasteiger partial charge in [0, 0.05) is 7.05 Å². The number of para-hydroxylation sites is 1. The molecule has 2 aromatic heterocycles. The van der Waals surface area contributed by atoms with Crippen molar-refractivity contribution in [2.75, 3.05) is 0 Å². The highest BCUT2D eigenvalue weighted by Crippen LogP contribution is 2.19. The zero-order valence-electron chi connectivity index (χ0n) is 11.4. The van der Waals surface area contributed by atoms with Crippen LogP contribution in [0.4, 0.5) is 0 Å². The Labute approximate surface area is 124 Å². The number of amides is 1. The van der Waals surface area contributed by atoms with Crippen molar-refractivity contribution >= 4 is 38.8 Å². The standard InChI is InChI=1S/C14H13N3OS2/c1-8-12(19-9(2)15-8)13(18)16-14-17(3)10-6-4-5-7-11(10)20-14/h4-7H,1-3H3. The second kappa shape index (κ2) is 4.96. The highest BCUT2D eigenvalue weighted by molar-refractivity contribution is 7.16. The molecule has 4 nitrogen and oxygen atoms in total. The van der Waals surface area contributed by atoms with Gasteiger partial charge in [-0.25, -0.2) is 4.98 Å². The zero-order valence-corrected chi connectivity index (χ0v) is 13.0. The monoisotopic (exact) mass is 303 g/mol. The molecule has 0 aliphatic carbocycles. The third-order valence-corrected chi connectivity index (χ3v) is 5.18. The minimum absolute atomic E-state index is 0.213. The van der Waals surface area contributed by atoms with Crippen LogP contribution in [0.2, 0.25) is 0 Å². The van der Waals surface area contributed by atoms with E-state index < -0.39 is 0 Å². The van der Waals surface area contributed by atoms with E-state index in [1.807, 2.05) is 49.7 Å². The van der Waals surface area contributed by atoms with Crippen LogP contribution in [0.5, 0.6) is 0 Å². The first kappa shape index (κ1) is 13.2. The number of thiazole rings is 2. The second-order valence-electron chi connectivity index (χ2n) is 4.48. The highest BCUT2D eigenvalue weighted by Gasteiger charge is 2.13. The van der Waals surface area contributed by atoms with Gasteiger partial charge in [0.2, 0.25) is 0 Å². The lowest BCUT2D eigenvalue weighted by Crippen LogP contribution is -2.13. The maximum absolute atomic E-state index is 12.3. The molecule has 3 rings (SSSR count). The molecule has 102 valence electrons. The number of carbonyl (C=O) groups excluding carboxylic acids is 1. The molecule has 0 aliphatic rings. The summed E-state index contributed by atoms with van der Waals surface area (Å²) in [5.74, 6) is -0.213. The van der Waals surface area contributed by atoms with E-state index in [-0.39, 0.29) is 5.91 Å². The van der Waals surface area contributed by atoms with Gasteiger partial charge in [-0.15, -0.1) is 11.3 Å². The van der Waals surface area contributed by atoms with Gasteiger partial charge in [-0.05, 0) is 26.0 Å². The molecule has 0 unspecified atom stereocenters. The van der Waals surface area contributed by atoms with E-state index in [1.165, 1.54) is 22.7 Å². The van der Waals surface area contributed by atoms with E-state index in [0.717, 1.165) is 20.9 Å². The Morgan fingerprint density at radius 1 is 1.25 bits per heavy atom. The number of carbonyl (C=O) groups is 1. The number of fused-ring (bicyclic) bond motifs is 1. The summed E-state index contributed by atoms with van der Waals surface area (Å²) in [5.41, 5.74) is 1.84. The quantitative estimate of drug-likeness (QED) is 0.693. The molecule has 2 heterocycles. The van der Waals surface area contributed by atoms with Gasteiger partial charge in [0.1, 0.15) is 4.88 Å². The van der Waals surface area contributed by atoms with Crippen LogP contribution in [0, 0.1) is 13.8 Å². The first-order valence-corrected chi connectivity index (χ1v) is 7.77. The number of nitrogens with zero attached hydrogens (tertiary/aromatic N) is 3. The van der Waals surface area contributed by atoms with Crippen molar-refractivity contribution in [2.45, 2.75) is 13.8 Å². The summed E-state index contributed by atoms with van der Waals surface area (Å²) in [4.78, 5) is 22.1. The number of benzene rings is 1. The van der Waals surface area contributed by atoms with Gasteiger partial charge >= 0.3 is 0 Å². The van der Waals surface area contributed by atoms with Crippen LogP contribution in [0.1, 0.15) is 20.4 Å². The van der Waals surface area contributed by atoms with E-state index >= 15 is 0 Å². The van der Waals surface area contributed by atoms with E-state index in [4.69, 9.17) is 0 Å². The summed E-state index contributed by atoms with van der Waals surface area (Å²) in [6.45, 7) is 3.74. The van der Waals surface area contributed by atoms with Gasteiger partial charge in [0.05, 0.1) is 20.9 Å². The Balaban J connectivity index is 2.13. The summed E-state index contributed by atoms with van der Waals surface area (Å²) >= 11 is 2.91. The van der Waals surface area contributed by atoms with Crippen molar-refractivity contribution in [2.24, 2.45) is 12.0 Å². The largest absolute Gasteiger partial charge is 0.319 e. The molecule has 0 fully saturated rings. The van der Waals surface area contributed by atoms with Crippen LogP contribution in [0.25, 0.3) is 10.2 Å². The number of aryl methyl sites for hydroxylation is 3. The number of rotatable bonds is 1. The summed E-state index contributed by atoms with van der Waals surface area (Å²) in [6, 6.07) is 8.03. The Kier molecular flexibility index (Phi) is 3.27. The average molecular weight is 303 g/mol. The van der Waals surface area contributed by atoms with E-state index in [9.17, 15) is 4.79 Å². The summed E-state index contributed by atoms with van der Waals surface area (Å²) < 4.78 is 3.07. The van der Waals surface area contributed by atoms with Crippen LogP contribution in [0.15, 0.2) is 29.3 Å². The van der Waals surface area contributed by atoms with Crippen molar-refractivity contribution in [3.63, 3.8) is 0 Å². The minimum atomic E-state index is -0.213. The van der Waals surface area contributed by atoms with Gasteiger partial charge in [0.25, 0.3) is 5.91 Å². The third-order valence-electron chi connectivity index (χ3n) is 3.01. The Morgan fingerprint density at radius 2 is 2.00 bits per heavy atom. The van der Waals surface area contributed by atoms with Gasteiger partial charge in [-0.2, -0.15) is 4.99 Å². The summed E-state index contributed by atoms with van der Waals surface area (Å²) in [7, 11) is 1.93.